The average Bonchev–Trinajstić information content (AvgIpc) is 2.77. The highest BCUT2D eigenvalue weighted by Crippen LogP contribution is 2.31. The summed E-state index contributed by atoms with van der Waals surface area (Å²) in [6.45, 7) is -0.173. The molecule has 2 N–H and O–H groups in total. The van der Waals surface area contributed by atoms with E-state index in [4.69, 9.17) is 23.2 Å². The fraction of sp³-hybridized carbons (Fsp3) is 0.154. The zero-order valence-electron chi connectivity index (χ0n) is 10.4. The lowest BCUT2D eigenvalue weighted by Gasteiger charge is -2.12. The first-order chi connectivity index (χ1) is 9.88. The molecule has 1 amide bonds. The molecular formula is C13H9Cl2F2NO2S. The van der Waals surface area contributed by atoms with E-state index in [2.05, 4.69) is 5.32 Å². The highest BCUT2D eigenvalue weighted by Gasteiger charge is 2.16. The van der Waals surface area contributed by atoms with Gasteiger partial charge in [-0.1, -0.05) is 29.3 Å². The Hall–Kier alpha value is -1.21. The van der Waals surface area contributed by atoms with Crippen molar-refractivity contribution in [2.75, 3.05) is 6.54 Å². The van der Waals surface area contributed by atoms with Crippen LogP contribution in [0.1, 0.15) is 22.0 Å². The van der Waals surface area contributed by atoms with Crippen molar-refractivity contribution in [2.45, 2.75) is 6.10 Å². The van der Waals surface area contributed by atoms with Crippen LogP contribution in [0.2, 0.25) is 8.67 Å². The standard InChI is InChI=1S/C13H9Cl2F2NO2S/c14-11-4-7(12(15)21-11)13(20)18-5-10(19)6-1-2-8(16)9(17)3-6/h1-4,10,19H,5H2,(H,18,20)/t10-/m0/s1. The van der Waals surface area contributed by atoms with Gasteiger partial charge in [0, 0.05) is 6.54 Å². The number of rotatable bonds is 4. The van der Waals surface area contributed by atoms with Gasteiger partial charge in [0.25, 0.3) is 5.91 Å². The Bertz CT molecular complexity index is 678. The molecular weight excluding hydrogens is 343 g/mol. The number of aliphatic hydroxyl groups excluding tert-OH is 1. The molecule has 0 fully saturated rings. The van der Waals surface area contributed by atoms with Crippen LogP contribution >= 0.6 is 34.5 Å². The number of benzene rings is 1. The summed E-state index contributed by atoms with van der Waals surface area (Å²) in [5, 5.41) is 12.3. The Morgan fingerprint density at radius 1 is 1.29 bits per heavy atom. The summed E-state index contributed by atoms with van der Waals surface area (Å²) in [5.41, 5.74) is 0.354. The van der Waals surface area contributed by atoms with Crippen LogP contribution in [0.25, 0.3) is 0 Å². The highest BCUT2D eigenvalue weighted by atomic mass is 35.5. The maximum absolute atomic E-state index is 13.1. The summed E-state index contributed by atoms with van der Waals surface area (Å²) in [4.78, 5) is 11.8. The molecule has 0 aliphatic heterocycles. The molecule has 112 valence electrons. The van der Waals surface area contributed by atoms with E-state index in [1.807, 2.05) is 0 Å². The van der Waals surface area contributed by atoms with Gasteiger partial charge >= 0.3 is 0 Å². The summed E-state index contributed by atoms with van der Waals surface area (Å²) >= 11 is 12.6. The monoisotopic (exact) mass is 351 g/mol. The molecule has 8 heteroatoms. The molecule has 0 bridgehead atoms. The number of thiophene rings is 1. The number of nitrogens with one attached hydrogen (secondary N) is 1. The Kier molecular flexibility index (Phi) is 5.16. The molecule has 0 unspecified atom stereocenters. The van der Waals surface area contributed by atoms with Gasteiger partial charge in [0.2, 0.25) is 0 Å². The maximum atomic E-state index is 13.1. The zero-order chi connectivity index (χ0) is 15.6. The third-order valence-corrected chi connectivity index (χ3v) is 4.17. The smallest absolute Gasteiger partial charge is 0.253 e. The second-order valence-corrected chi connectivity index (χ2v) is 6.42. The van der Waals surface area contributed by atoms with Crippen molar-refractivity contribution < 1.29 is 18.7 Å². The second-order valence-electron chi connectivity index (χ2n) is 4.14. The molecule has 2 rings (SSSR count). The molecule has 0 spiro atoms. The Labute approximate surface area is 133 Å². The Morgan fingerprint density at radius 3 is 2.57 bits per heavy atom. The second kappa shape index (κ2) is 6.70. The largest absolute Gasteiger partial charge is 0.387 e. The van der Waals surface area contributed by atoms with Crippen molar-refractivity contribution in [2.24, 2.45) is 0 Å². The summed E-state index contributed by atoms with van der Waals surface area (Å²) in [6, 6.07) is 4.43. The molecule has 0 saturated carbocycles. The number of amides is 1. The van der Waals surface area contributed by atoms with Gasteiger partial charge in [0.15, 0.2) is 11.6 Å². The minimum Gasteiger partial charge on any atom is -0.387 e. The van der Waals surface area contributed by atoms with Gasteiger partial charge in [-0.05, 0) is 23.8 Å². The van der Waals surface area contributed by atoms with Crippen LogP contribution in [-0.4, -0.2) is 17.6 Å². The van der Waals surface area contributed by atoms with Crippen LogP contribution < -0.4 is 5.32 Å². The van der Waals surface area contributed by atoms with Gasteiger partial charge in [0.05, 0.1) is 16.0 Å². The summed E-state index contributed by atoms with van der Waals surface area (Å²) in [7, 11) is 0. The van der Waals surface area contributed by atoms with E-state index in [-0.39, 0.29) is 22.0 Å². The van der Waals surface area contributed by atoms with E-state index >= 15 is 0 Å². The van der Waals surface area contributed by atoms with E-state index in [9.17, 15) is 18.7 Å². The lowest BCUT2D eigenvalue weighted by molar-refractivity contribution is 0.0916. The van der Waals surface area contributed by atoms with Gasteiger partial charge in [-0.15, -0.1) is 11.3 Å². The first kappa shape index (κ1) is 16.2. The topological polar surface area (TPSA) is 49.3 Å². The molecule has 21 heavy (non-hydrogen) atoms. The summed E-state index contributed by atoms with van der Waals surface area (Å²) in [6.07, 6.45) is -1.17. The minimum absolute atomic E-state index is 0.156. The quantitative estimate of drug-likeness (QED) is 0.880. The average molecular weight is 352 g/mol. The van der Waals surface area contributed by atoms with Crippen LogP contribution in [0.15, 0.2) is 24.3 Å². The van der Waals surface area contributed by atoms with E-state index in [1.165, 1.54) is 12.1 Å². The van der Waals surface area contributed by atoms with Gasteiger partial charge in [-0.25, -0.2) is 8.78 Å². The fourth-order valence-electron chi connectivity index (χ4n) is 1.62. The van der Waals surface area contributed by atoms with Crippen molar-refractivity contribution in [1.82, 2.24) is 5.32 Å². The Morgan fingerprint density at radius 2 is 2.00 bits per heavy atom. The van der Waals surface area contributed by atoms with Crippen LogP contribution in [0.4, 0.5) is 8.78 Å². The molecule has 0 saturated heterocycles. The van der Waals surface area contributed by atoms with Crippen LogP contribution in [-0.2, 0) is 0 Å². The van der Waals surface area contributed by atoms with E-state index < -0.39 is 23.6 Å². The molecule has 1 aromatic carbocycles. The van der Waals surface area contributed by atoms with E-state index in [1.54, 1.807) is 0 Å². The molecule has 0 radical (unpaired) electrons. The molecule has 0 aliphatic carbocycles. The van der Waals surface area contributed by atoms with E-state index in [0.29, 0.717) is 4.34 Å². The van der Waals surface area contributed by atoms with Crippen molar-refractivity contribution >= 4 is 40.4 Å². The first-order valence-corrected chi connectivity index (χ1v) is 7.31. The lowest BCUT2D eigenvalue weighted by atomic mass is 10.1. The van der Waals surface area contributed by atoms with Crippen molar-refractivity contribution in [3.8, 4) is 0 Å². The number of hydrogen-bond acceptors (Lipinski definition) is 3. The first-order valence-electron chi connectivity index (χ1n) is 5.74. The lowest BCUT2D eigenvalue weighted by Crippen LogP contribution is -2.28. The highest BCUT2D eigenvalue weighted by molar-refractivity contribution is 7.20. The molecule has 0 aliphatic rings. The summed E-state index contributed by atoms with van der Waals surface area (Å²) in [5.74, 6) is -2.58. The van der Waals surface area contributed by atoms with E-state index in [0.717, 1.165) is 23.5 Å². The molecule has 2 aromatic rings. The Balaban J connectivity index is 2.00. The van der Waals surface area contributed by atoms with Crippen molar-refractivity contribution in [1.29, 1.82) is 0 Å². The maximum Gasteiger partial charge on any atom is 0.253 e. The molecule has 3 nitrogen and oxygen atoms in total. The van der Waals surface area contributed by atoms with Crippen molar-refractivity contribution in [3.05, 3.63) is 55.7 Å². The zero-order valence-corrected chi connectivity index (χ0v) is 12.7. The third kappa shape index (κ3) is 3.91. The van der Waals surface area contributed by atoms with Gasteiger partial charge in [0.1, 0.15) is 4.34 Å². The summed E-state index contributed by atoms with van der Waals surface area (Å²) < 4.78 is 26.4. The predicted octanol–water partition coefficient (Wildman–Crippen LogP) is 3.80. The number of carbonyl (C=O) groups is 1. The van der Waals surface area contributed by atoms with Crippen LogP contribution in [0, 0.1) is 11.6 Å². The molecule has 1 heterocycles. The predicted molar refractivity (Wildman–Crippen MR) is 78.0 cm³/mol. The number of carbonyl (C=O) groups excluding carboxylic acids is 1. The van der Waals surface area contributed by atoms with Crippen molar-refractivity contribution in [3.63, 3.8) is 0 Å². The SMILES string of the molecule is O=C(NC[C@H](O)c1ccc(F)c(F)c1)c1cc(Cl)sc1Cl. The van der Waals surface area contributed by atoms with Gasteiger partial charge < -0.3 is 10.4 Å². The fourth-order valence-corrected chi connectivity index (χ4v) is 3.08. The number of aliphatic hydroxyl groups is 1. The number of halogens is 4. The molecule has 1 atom stereocenters. The van der Waals surface area contributed by atoms with Gasteiger partial charge in [-0.3, -0.25) is 4.79 Å². The normalized spacial score (nSPS) is 12.2. The number of hydrogen-bond donors (Lipinski definition) is 2. The minimum atomic E-state index is -1.17. The molecule has 1 aromatic heterocycles. The van der Waals surface area contributed by atoms with Crippen LogP contribution in [0.5, 0.6) is 0 Å². The van der Waals surface area contributed by atoms with Crippen LogP contribution in [0.3, 0.4) is 0 Å². The third-order valence-electron chi connectivity index (χ3n) is 2.69. The van der Waals surface area contributed by atoms with Gasteiger partial charge in [-0.2, -0.15) is 0 Å².